The van der Waals surface area contributed by atoms with Crippen LogP contribution in [0, 0.1) is 0 Å². The molecule has 0 aromatic heterocycles. The van der Waals surface area contributed by atoms with Gasteiger partial charge < -0.3 is 93.9 Å². The topological polar surface area (TPSA) is 524 Å². The molecule has 2 aliphatic heterocycles. The van der Waals surface area contributed by atoms with Crippen LogP contribution in [0.4, 0.5) is 0 Å². The van der Waals surface area contributed by atoms with Gasteiger partial charge in [-0.2, -0.15) is 16.8 Å². The number of aliphatic hydroxyl groups excluding tert-OH is 7. The first-order chi connectivity index (χ1) is 21.9. The summed E-state index contributed by atoms with van der Waals surface area (Å²) in [6, 6.07) is -3.29. The fourth-order valence-corrected chi connectivity index (χ4v) is 4.84. The van der Waals surface area contributed by atoms with Crippen molar-refractivity contribution in [2.75, 3.05) is 19.7 Å². The van der Waals surface area contributed by atoms with Gasteiger partial charge in [0.1, 0.15) is 61.0 Å². The van der Waals surface area contributed by atoms with E-state index in [1.807, 2.05) is 0 Å². The second-order valence-corrected chi connectivity index (χ2v) is 12.5. The predicted molar refractivity (Wildman–Crippen MR) is 161 cm³/mol. The summed E-state index contributed by atoms with van der Waals surface area (Å²) in [5.41, 5.74) is 23.3. The molecule has 29 heteroatoms. The lowest BCUT2D eigenvalue weighted by atomic mass is 9.83. The molecule has 50 heavy (non-hydrogen) atoms. The minimum absolute atomic E-state index is 0. The Balaban J connectivity index is 0. The summed E-state index contributed by atoms with van der Waals surface area (Å²) in [4.78, 5) is 12.4. The maximum Gasteiger partial charge on any atom is 0.394 e. The fraction of sp³-hybridized carbons (Fsp3) is 0.952. The molecule has 0 spiro atoms. The van der Waals surface area contributed by atoms with Crippen molar-refractivity contribution in [3.05, 3.63) is 0 Å². The molecule has 302 valence electrons. The predicted octanol–water partition coefficient (Wildman–Crippen LogP) is -10.7. The molecule has 3 rings (SSSR count). The zero-order valence-electron chi connectivity index (χ0n) is 25.9. The number of nitrogens with one attached hydrogen (secondary N) is 1. The second-order valence-electron chi connectivity index (χ2n) is 10.7. The molecule has 15 unspecified atom stereocenters. The fourth-order valence-electron chi connectivity index (χ4n) is 4.84. The molecule has 24 N–H and O–H groups in total. The van der Waals surface area contributed by atoms with Gasteiger partial charge in [0.05, 0.1) is 18.7 Å². The van der Waals surface area contributed by atoms with Crippen LogP contribution in [-0.4, -0.2) is 199 Å². The Bertz CT molecular complexity index is 1160. The van der Waals surface area contributed by atoms with Crippen molar-refractivity contribution < 1.29 is 105 Å². The standard InChI is InChI=1S/C21H41N5O12.2H2O4S.2H2O/c22-2-1-8(28)19(34)26-7-3-6(24)17(37-20-11(25)15(32)13(30)9(4-23)35-20)18(12(7)29)38-21-16(33)14(31)10(5-27)36-21;2*1-5(2,3)4;;/h6-18,20-21,27-33H,1-5,22-25H2,(H,26,34);2*(H2,1,2,3,4);2*1H2. The van der Waals surface area contributed by atoms with Crippen molar-refractivity contribution in [3.8, 4) is 0 Å². The van der Waals surface area contributed by atoms with Crippen molar-refractivity contribution in [2.24, 2.45) is 22.9 Å². The van der Waals surface area contributed by atoms with Crippen LogP contribution >= 0.6 is 0 Å². The van der Waals surface area contributed by atoms with E-state index in [4.69, 9.17) is 76.9 Å². The monoisotopic (exact) mass is 787 g/mol. The average Bonchev–Trinajstić information content (AvgIpc) is 3.23. The van der Waals surface area contributed by atoms with Gasteiger partial charge in [0.15, 0.2) is 12.6 Å². The first-order valence-corrected chi connectivity index (χ1v) is 16.7. The van der Waals surface area contributed by atoms with Gasteiger partial charge in [-0.3, -0.25) is 23.0 Å². The van der Waals surface area contributed by atoms with E-state index in [9.17, 15) is 40.5 Å². The van der Waals surface area contributed by atoms with Crippen molar-refractivity contribution >= 4 is 26.7 Å². The maximum atomic E-state index is 12.4. The number of rotatable bonds is 10. The highest BCUT2D eigenvalue weighted by Crippen LogP contribution is 2.32. The third-order valence-corrected chi connectivity index (χ3v) is 7.15. The summed E-state index contributed by atoms with van der Waals surface area (Å²) in [5.74, 6) is -0.807. The molecule has 3 fully saturated rings. The minimum Gasteiger partial charge on any atom is -0.412 e. The van der Waals surface area contributed by atoms with Crippen molar-refractivity contribution in [1.82, 2.24) is 5.32 Å². The van der Waals surface area contributed by atoms with E-state index >= 15 is 0 Å². The van der Waals surface area contributed by atoms with Crippen LogP contribution in [0.2, 0.25) is 0 Å². The molecular weight excluding hydrogens is 738 g/mol. The quantitative estimate of drug-likeness (QED) is 0.0914. The van der Waals surface area contributed by atoms with E-state index in [0.29, 0.717) is 0 Å². The molecular formula is C21H49N5O22S2. The van der Waals surface area contributed by atoms with Crippen molar-refractivity contribution in [2.45, 2.75) is 105 Å². The highest BCUT2D eigenvalue weighted by Gasteiger charge is 2.53. The van der Waals surface area contributed by atoms with Gasteiger partial charge >= 0.3 is 20.8 Å². The van der Waals surface area contributed by atoms with Gasteiger partial charge in [-0.25, -0.2) is 0 Å². The Morgan fingerprint density at radius 1 is 0.780 bits per heavy atom. The summed E-state index contributed by atoms with van der Waals surface area (Å²) in [6.45, 7) is -0.764. The lowest BCUT2D eigenvalue weighted by Gasteiger charge is -2.48. The van der Waals surface area contributed by atoms with Crippen molar-refractivity contribution in [1.29, 1.82) is 0 Å². The Morgan fingerprint density at radius 3 is 1.68 bits per heavy atom. The minimum atomic E-state index is -4.67. The van der Waals surface area contributed by atoms with Crippen LogP contribution in [0.3, 0.4) is 0 Å². The number of carbonyl (C=O) groups is 1. The molecule has 2 saturated heterocycles. The largest absolute Gasteiger partial charge is 0.412 e. The first kappa shape index (κ1) is 50.6. The molecule has 0 bridgehead atoms. The van der Waals surface area contributed by atoms with Gasteiger partial charge in [-0.15, -0.1) is 0 Å². The van der Waals surface area contributed by atoms with Crippen LogP contribution in [0.25, 0.3) is 0 Å². The Kier molecular flexibility index (Phi) is 22.2. The maximum absolute atomic E-state index is 12.4. The van der Waals surface area contributed by atoms with Crippen LogP contribution in [0.5, 0.6) is 0 Å². The number of amides is 1. The number of aliphatic hydroxyl groups is 7. The van der Waals surface area contributed by atoms with Gasteiger partial charge in [0.25, 0.3) is 0 Å². The molecule has 0 aromatic carbocycles. The van der Waals surface area contributed by atoms with E-state index < -0.39 is 125 Å². The average molecular weight is 788 g/mol. The lowest BCUT2D eigenvalue weighted by molar-refractivity contribution is -0.307. The smallest absolute Gasteiger partial charge is 0.394 e. The summed E-state index contributed by atoms with van der Waals surface area (Å²) >= 11 is 0. The molecule has 2 heterocycles. The van der Waals surface area contributed by atoms with Gasteiger partial charge in [0, 0.05) is 12.6 Å². The normalized spacial score (nSPS) is 37.7. The SMILES string of the molecule is NCCC(O)C(=O)NC1CC(N)C(OC2OC(CN)C(O)C(O)C2N)C(OC2OC(CO)C(O)C2O)C1O.O.O.O=S(=O)(O)O.O=S(=O)(O)O. The number of carbonyl (C=O) groups excluding carboxylic acids is 1. The van der Waals surface area contributed by atoms with Crippen LogP contribution in [0.1, 0.15) is 12.8 Å². The lowest BCUT2D eigenvalue weighted by Crippen LogP contribution is -2.69. The molecule has 3 aliphatic rings. The van der Waals surface area contributed by atoms with Gasteiger partial charge in [-0.1, -0.05) is 0 Å². The molecule has 0 aromatic rings. The van der Waals surface area contributed by atoms with E-state index in [2.05, 4.69) is 5.32 Å². The molecule has 1 amide bonds. The van der Waals surface area contributed by atoms with Gasteiger partial charge in [0.2, 0.25) is 5.91 Å². The third-order valence-electron chi connectivity index (χ3n) is 7.15. The summed E-state index contributed by atoms with van der Waals surface area (Å²) < 4.78 is 85.9. The van der Waals surface area contributed by atoms with E-state index in [0.717, 1.165) is 0 Å². The molecule has 0 radical (unpaired) electrons. The second kappa shape index (κ2) is 21.9. The highest BCUT2D eigenvalue weighted by atomic mass is 32.3. The first-order valence-electron chi connectivity index (χ1n) is 13.9. The molecule has 1 aliphatic carbocycles. The van der Waals surface area contributed by atoms with Crippen molar-refractivity contribution in [3.63, 3.8) is 0 Å². The highest BCUT2D eigenvalue weighted by molar-refractivity contribution is 7.80. The number of hydrogen-bond acceptors (Lipinski definition) is 20. The number of ether oxygens (including phenoxy) is 4. The Hall–Kier alpha value is -1.47. The summed E-state index contributed by atoms with van der Waals surface area (Å²) in [6.07, 6.45) is -16.9. The Morgan fingerprint density at radius 2 is 1.24 bits per heavy atom. The van der Waals surface area contributed by atoms with E-state index in [1.165, 1.54) is 0 Å². The number of nitrogens with two attached hydrogens (primary N) is 4. The number of hydrogen-bond donors (Lipinski definition) is 16. The molecule has 1 saturated carbocycles. The summed E-state index contributed by atoms with van der Waals surface area (Å²) in [5, 5.41) is 74.0. The summed E-state index contributed by atoms with van der Waals surface area (Å²) in [7, 11) is -9.33. The van der Waals surface area contributed by atoms with Crippen LogP contribution in [0.15, 0.2) is 0 Å². The molecule has 27 nitrogen and oxygen atoms in total. The van der Waals surface area contributed by atoms with E-state index in [-0.39, 0.29) is 36.9 Å². The van der Waals surface area contributed by atoms with Crippen LogP contribution in [-0.2, 0) is 44.5 Å². The van der Waals surface area contributed by atoms with Crippen LogP contribution < -0.4 is 28.3 Å². The zero-order chi connectivity index (χ0) is 37.3. The van der Waals surface area contributed by atoms with Gasteiger partial charge in [-0.05, 0) is 19.4 Å². The van der Waals surface area contributed by atoms with E-state index in [1.54, 1.807) is 0 Å². The molecule has 15 atom stereocenters. The Labute approximate surface area is 284 Å². The zero-order valence-corrected chi connectivity index (χ0v) is 27.5. The third kappa shape index (κ3) is 16.0.